The van der Waals surface area contributed by atoms with Gasteiger partial charge in [-0.3, -0.25) is 0 Å². The fraction of sp³-hybridized carbons (Fsp3) is 0.111. The summed E-state index contributed by atoms with van der Waals surface area (Å²) in [6.07, 6.45) is 0. The van der Waals surface area contributed by atoms with Gasteiger partial charge in [-0.05, 0) is 83.2 Å². The molecule has 0 saturated heterocycles. The zero-order valence-corrected chi connectivity index (χ0v) is 32.1. The van der Waals surface area contributed by atoms with Crippen LogP contribution in [0, 0.1) is 0 Å². The predicted molar refractivity (Wildman–Crippen MR) is 234 cm³/mol. The number of rotatable bonds is 4. The summed E-state index contributed by atoms with van der Waals surface area (Å²) >= 11 is 0. The van der Waals surface area contributed by atoms with Crippen molar-refractivity contribution in [3.8, 4) is 67.3 Å². The Kier molecular flexibility index (Phi) is 6.98. The van der Waals surface area contributed by atoms with E-state index in [2.05, 4.69) is 191 Å². The molecule has 1 heterocycles. The van der Waals surface area contributed by atoms with Gasteiger partial charge >= 0.3 is 0 Å². The van der Waals surface area contributed by atoms with Gasteiger partial charge in [0.1, 0.15) is 0 Å². The topological polar surface area (TPSA) is 25.8 Å². The van der Waals surface area contributed by atoms with Gasteiger partial charge in [-0.15, -0.1) is 0 Å². The van der Waals surface area contributed by atoms with Gasteiger partial charge in [0, 0.05) is 27.5 Å². The van der Waals surface area contributed by atoms with Crippen molar-refractivity contribution in [1.82, 2.24) is 9.97 Å². The lowest BCUT2D eigenvalue weighted by Gasteiger charge is -2.24. The molecule has 2 aliphatic carbocycles. The molecule has 56 heavy (non-hydrogen) atoms. The fourth-order valence-electron chi connectivity index (χ4n) is 10.1. The van der Waals surface area contributed by atoms with Crippen molar-refractivity contribution in [2.45, 2.75) is 38.5 Å². The summed E-state index contributed by atoms with van der Waals surface area (Å²) in [6, 6.07) is 61.9. The van der Waals surface area contributed by atoms with Crippen LogP contribution in [0.2, 0.25) is 0 Å². The fourth-order valence-corrected chi connectivity index (χ4v) is 10.1. The Balaban J connectivity index is 1.13. The average Bonchev–Trinajstić information content (AvgIpc) is 3.63. The highest BCUT2D eigenvalue weighted by molar-refractivity contribution is 6.09. The summed E-state index contributed by atoms with van der Waals surface area (Å²) in [5.74, 6) is 0.726. The maximum atomic E-state index is 5.35. The Morgan fingerprint density at radius 2 is 0.911 bits per heavy atom. The minimum Gasteiger partial charge on any atom is -0.228 e. The summed E-state index contributed by atoms with van der Waals surface area (Å²) in [5, 5.41) is 5.01. The van der Waals surface area contributed by atoms with E-state index in [4.69, 9.17) is 9.97 Å². The molecule has 0 unspecified atom stereocenters. The number of benzene rings is 8. The van der Waals surface area contributed by atoms with Crippen LogP contribution in [-0.2, 0) is 10.8 Å². The zero-order chi connectivity index (χ0) is 37.8. The normalized spacial score (nSPS) is 14.4. The molecular formula is C54H40N2. The first-order chi connectivity index (χ1) is 27.3. The lowest BCUT2D eigenvalue weighted by molar-refractivity contribution is 0.662. The molecule has 0 amide bonds. The summed E-state index contributed by atoms with van der Waals surface area (Å²) in [5.41, 5.74) is 18.0. The third-order valence-electron chi connectivity index (χ3n) is 12.7. The number of fused-ring (bicyclic) bond motifs is 9. The second-order valence-corrected chi connectivity index (χ2v) is 16.5. The monoisotopic (exact) mass is 716 g/mol. The van der Waals surface area contributed by atoms with Crippen molar-refractivity contribution in [3.05, 3.63) is 192 Å². The first-order valence-electron chi connectivity index (χ1n) is 19.7. The minimum atomic E-state index is -0.176. The van der Waals surface area contributed by atoms with E-state index in [-0.39, 0.29) is 10.8 Å². The second-order valence-electron chi connectivity index (χ2n) is 16.5. The van der Waals surface area contributed by atoms with Crippen LogP contribution in [0.3, 0.4) is 0 Å². The van der Waals surface area contributed by atoms with Crippen molar-refractivity contribution in [1.29, 1.82) is 0 Å². The molecule has 2 nitrogen and oxygen atoms in total. The Labute approximate surface area is 328 Å². The SMILES string of the molecule is CC1(C)c2ccccc2-c2cccc(-c3cc(-c4ccc(-c5cccc6c5-c5ccc7ccccc7c5C6(C)C)c5ccccc45)nc(-c4ccccc4)n3)c21. The van der Waals surface area contributed by atoms with Gasteiger partial charge in [0.05, 0.1) is 11.4 Å². The van der Waals surface area contributed by atoms with E-state index >= 15 is 0 Å². The number of hydrogen-bond donors (Lipinski definition) is 0. The molecular weight excluding hydrogens is 677 g/mol. The van der Waals surface area contributed by atoms with Gasteiger partial charge in [0.15, 0.2) is 5.82 Å². The average molecular weight is 717 g/mol. The zero-order valence-electron chi connectivity index (χ0n) is 32.1. The molecule has 0 aliphatic heterocycles. The Hall–Kier alpha value is -6.64. The van der Waals surface area contributed by atoms with Crippen LogP contribution in [-0.4, -0.2) is 9.97 Å². The molecule has 8 aromatic carbocycles. The van der Waals surface area contributed by atoms with Crippen LogP contribution in [0.4, 0.5) is 0 Å². The lowest BCUT2D eigenvalue weighted by atomic mass is 9.79. The van der Waals surface area contributed by atoms with Crippen LogP contribution in [0.25, 0.3) is 88.8 Å². The molecule has 9 aromatic rings. The molecule has 0 bridgehead atoms. The maximum absolute atomic E-state index is 5.35. The van der Waals surface area contributed by atoms with Crippen molar-refractivity contribution < 1.29 is 0 Å². The maximum Gasteiger partial charge on any atom is 0.160 e. The van der Waals surface area contributed by atoms with Gasteiger partial charge < -0.3 is 0 Å². The highest BCUT2D eigenvalue weighted by atomic mass is 14.9. The second kappa shape index (κ2) is 11.9. The number of aromatic nitrogens is 2. The van der Waals surface area contributed by atoms with Crippen molar-refractivity contribution in [2.75, 3.05) is 0 Å². The van der Waals surface area contributed by atoms with E-state index < -0.39 is 0 Å². The van der Waals surface area contributed by atoms with E-state index in [1.807, 2.05) is 6.07 Å². The molecule has 2 aliphatic rings. The molecule has 1 aromatic heterocycles. The minimum absolute atomic E-state index is 0.129. The third-order valence-corrected chi connectivity index (χ3v) is 12.7. The standard InChI is InChI=1S/C54H40N2/c1-53(2)45-26-13-12-22-39(45)42-24-14-25-43(51(42)53)48-32-47(55-52(56-48)34-17-6-5-7-18-34)40-31-30-38(36-20-10-11-21-37(36)40)41-23-15-27-46-49(41)44-29-28-33-16-8-9-19-35(33)50(44)54(46,3)4/h5-32H,1-4H3. The van der Waals surface area contributed by atoms with Crippen molar-refractivity contribution in [2.24, 2.45) is 0 Å². The van der Waals surface area contributed by atoms with E-state index in [1.165, 1.54) is 77.2 Å². The molecule has 0 fully saturated rings. The van der Waals surface area contributed by atoms with Gasteiger partial charge in [0.25, 0.3) is 0 Å². The Morgan fingerprint density at radius 3 is 1.73 bits per heavy atom. The first-order valence-corrected chi connectivity index (χ1v) is 19.7. The molecule has 0 N–H and O–H groups in total. The molecule has 2 heteroatoms. The predicted octanol–water partition coefficient (Wildman–Crippen LogP) is 14.1. The van der Waals surface area contributed by atoms with Crippen LogP contribution in [0.15, 0.2) is 170 Å². The highest BCUT2D eigenvalue weighted by Gasteiger charge is 2.39. The van der Waals surface area contributed by atoms with Crippen LogP contribution < -0.4 is 0 Å². The lowest BCUT2D eigenvalue weighted by Crippen LogP contribution is -2.16. The molecule has 0 radical (unpaired) electrons. The van der Waals surface area contributed by atoms with Crippen LogP contribution in [0.1, 0.15) is 49.9 Å². The van der Waals surface area contributed by atoms with E-state index in [0.717, 1.165) is 33.9 Å². The molecule has 0 spiro atoms. The van der Waals surface area contributed by atoms with E-state index in [1.54, 1.807) is 0 Å². The smallest absolute Gasteiger partial charge is 0.160 e. The summed E-state index contributed by atoms with van der Waals surface area (Å²) in [6.45, 7) is 9.45. The van der Waals surface area contributed by atoms with Crippen molar-refractivity contribution >= 4 is 21.5 Å². The van der Waals surface area contributed by atoms with Gasteiger partial charge in [-0.25, -0.2) is 9.97 Å². The highest BCUT2D eigenvalue weighted by Crippen LogP contribution is 2.55. The summed E-state index contributed by atoms with van der Waals surface area (Å²) < 4.78 is 0. The number of nitrogens with zero attached hydrogens (tertiary/aromatic N) is 2. The molecule has 0 saturated carbocycles. The first kappa shape index (κ1) is 32.8. The quantitative estimate of drug-likeness (QED) is 0.181. The Morgan fingerprint density at radius 1 is 0.357 bits per heavy atom. The molecule has 0 atom stereocenters. The Bertz CT molecular complexity index is 3080. The third kappa shape index (κ3) is 4.62. The van der Waals surface area contributed by atoms with Crippen LogP contribution >= 0.6 is 0 Å². The van der Waals surface area contributed by atoms with Crippen LogP contribution in [0.5, 0.6) is 0 Å². The van der Waals surface area contributed by atoms with Gasteiger partial charge in [0.2, 0.25) is 0 Å². The number of hydrogen-bond acceptors (Lipinski definition) is 2. The van der Waals surface area contributed by atoms with E-state index in [9.17, 15) is 0 Å². The summed E-state index contributed by atoms with van der Waals surface area (Å²) in [7, 11) is 0. The van der Waals surface area contributed by atoms with E-state index in [0.29, 0.717) is 0 Å². The summed E-state index contributed by atoms with van der Waals surface area (Å²) in [4.78, 5) is 10.7. The largest absolute Gasteiger partial charge is 0.228 e. The van der Waals surface area contributed by atoms with Gasteiger partial charge in [-0.1, -0.05) is 191 Å². The molecule has 11 rings (SSSR count). The van der Waals surface area contributed by atoms with Crippen molar-refractivity contribution in [3.63, 3.8) is 0 Å². The van der Waals surface area contributed by atoms with Gasteiger partial charge in [-0.2, -0.15) is 0 Å². The molecule has 266 valence electrons.